The number of carbonyl (C=O) groups is 1. The van der Waals surface area contributed by atoms with Crippen LogP contribution < -0.4 is 5.32 Å². The summed E-state index contributed by atoms with van der Waals surface area (Å²) in [7, 11) is 1.84. The second-order valence-corrected chi connectivity index (χ2v) is 5.92. The Labute approximate surface area is 128 Å². The van der Waals surface area contributed by atoms with Gasteiger partial charge in [-0.15, -0.1) is 0 Å². The second kappa shape index (κ2) is 8.15. The fourth-order valence-corrected chi connectivity index (χ4v) is 2.51. The third-order valence-corrected chi connectivity index (χ3v) is 3.95. The predicted molar refractivity (Wildman–Crippen MR) is 86.5 cm³/mol. The van der Waals surface area contributed by atoms with Crippen molar-refractivity contribution < 1.29 is 9.90 Å². The molecule has 118 valence electrons. The lowest BCUT2D eigenvalue weighted by Crippen LogP contribution is -2.41. The molecule has 0 bridgehead atoms. The molecule has 0 aliphatic rings. The topological polar surface area (TPSA) is 52.6 Å². The summed E-state index contributed by atoms with van der Waals surface area (Å²) in [4.78, 5) is 13.7. The number of amides is 1. The van der Waals surface area contributed by atoms with Crippen LogP contribution in [0.4, 0.5) is 0 Å². The van der Waals surface area contributed by atoms with Crippen LogP contribution in [-0.4, -0.2) is 48.7 Å². The molecule has 0 aromatic heterocycles. The Morgan fingerprint density at radius 2 is 1.86 bits per heavy atom. The average Bonchev–Trinajstić information content (AvgIpc) is 2.40. The molecule has 1 unspecified atom stereocenters. The van der Waals surface area contributed by atoms with E-state index in [1.807, 2.05) is 18.9 Å². The SMILES string of the molecule is Cc1cc(C)c(CCNC(=O)CN(C)C(C)CO)c(C)c1. The van der Waals surface area contributed by atoms with E-state index in [4.69, 9.17) is 5.11 Å². The number of hydrogen-bond donors (Lipinski definition) is 2. The van der Waals surface area contributed by atoms with E-state index >= 15 is 0 Å². The molecular weight excluding hydrogens is 264 g/mol. The zero-order chi connectivity index (χ0) is 16.0. The van der Waals surface area contributed by atoms with Gasteiger partial charge in [0.25, 0.3) is 0 Å². The maximum absolute atomic E-state index is 11.9. The third kappa shape index (κ3) is 5.48. The molecular formula is C17H28N2O2. The highest BCUT2D eigenvalue weighted by Gasteiger charge is 2.12. The molecule has 1 aromatic carbocycles. The maximum atomic E-state index is 11.9. The number of aryl methyl sites for hydroxylation is 3. The van der Waals surface area contributed by atoms with Gasteiger partial charge in [-0.05, 0) is 57.9 Å². The molecule has 0 saturated heterocycles. The van der Waals surface area contributed by atoms with Crippen molar-refractivity contribution >= 4 is 5.91 Å². The number of benzene rings is 1. The molecule has 1 atom stereocenters. The molecule has 1 aromatic rings. The van der Waals surface area contributed by atoms with E-state index < -0.39 is 0 Å². The Morgan fingerprint density at radius 3 is 2.38 bits per heavy atom. The van der Waals surface area contributed by atoms with Crippen molar-refractivity contribution in [2.45, 2.75) is 40.2 Å². The summed E-state index contributed by atoms with van der Waals surface area (Å²) in [6.45, 7) is 9.25. The lowest BCUT2D eigenvalue weighted by molar-refractivity contribution is -0.122. The summed E-state index contributed by atoms with van der Waals surface area (Å²) in [5, 5.41) is 12.0. The Kier molecular flexibility index (Phi) is 6.85. The number of nitrogens with zero attached hydrogens (tertiary/aromatic N) is 1. The van der Waals surface area contributed by atoms with Crippen LogP contribution in [0.15, 0.2) is 12.1 Å². The van der Waals surface area contributed by atoms with E-state index in [0.29, 0.717) is 13.1 Å². The van der Waals surface area contributed by atoms with Crippen LogP contribution in [0.2, 0.25) is 0 Å². The minimum atomic E-state index is -0.00247. The van der Waals surface area contributed by atoms with Gasteiger partial charge < -0.3 is 10.4 Å². The molecule has 0 radical (unpaired) electrons. The largest absolute Gasteiger partial charge is 0.395 e. The number of rotatable bonds is 7. The highest BCUT2D eigenvalue weighted by Crippen LogP contribution is 2.16. The molecule has 0 saturated carbocycles. The normalized spacial score (nSPS) is 12.5. The number of hydrogen-bond acceptors (Lipinski definition) is 3. The van der Waals surface area contributed by atoms with Gasteiger partial charge in [0.15, 0.2) is 0 Å². The van der Waals surface area contributed by atoms with Crippen LogP contribution in [0, 0.1) is 20.8 Å². The Morgan fingerprint density at radius 1 is 1.29 bits per heavy atom. The van der Waals surface area contributed by atoms with Crippen molar-refractivity contribution in [2.24, 2.45) is 0 Å². The highest BCUT2D eigenvalue weighted by atomic mass is 16.3. The van der Waals surface area contributed by atoms with Crippen molar-refractivity contribution in [3.05, 3.63) is 34.4 Å². The van der Waals surface area contributed by atoms with E-state index in [0.717, 1.165) is 6.42 Å². The summed E-state index contributed by atoms with van der Waals surface area (Å²) in [5.41, 5.74) is 5.16. The van der Waals surface area contributed by atoms with Crippen molar-refractivity contribution in [3.8, 4) is 0 Å². The highest BCUT2D eigenvalue weighted by molar-refractivity contribution is 5.78. The van der Waals surface area contributed by atoms with E-state index in [2.05, 4.69) is 38.2 Å². The van der Waals surface area contributed by atoms with E-state index in [1.165, 1.54) is 22.3 Å². The number of likely N-dealkylation sites (N-methyl/N-ethyl adjacent to an activating group) is 1. The van der Waals surface area contributed by atoms with Gasteiger partial charge in [0.1, 0.15) is 0 Å². The molecule has 0 spiro atoms. The first kappa shape index (κ1) is 17.7. The Bertz CT molecular complexity index is 463. The standard InChI is InChI=1S/C17H28N2O2/c1-12-8-13(2)16(14(3)9-12)6-7-18-17(21)10-19(5)15(4)11-20/h8-9,15,20H,6-7,10-11H2,1-5H3,(H,18,21). The van der Waals surface area contributed by atoms with Gasteiger partial charge >= 0.3 is 0 Å². The van der Waals surface area contributed by atoms with Crippen molar-refractivity contribution in [1.29, 1.82) is 0 Å². The lowest BCUT2D eigenvalue weighted by Gasteiger charge is -2.22. The van der Waals surface area contributed by atoms with Crippen LogP contribution in [0.3, 0.4) is 0 Å². The zero-order valence-corrected chi connectivity index (χ0v) is 13.9. The van der Waals surface area contributed by atoms with Gasteiger partial charge in [0, 0.05) is 12.6 Å². The van der Waals surface area contributed by atoms with Gasteiger partial charge in [-0.2, -0.15) is 0 Å². The lowest BCUT2D eigenvalue weighted by atomic mass is 9.97. The summed E-state index contributed by atoms with van der Waals surface area (Å²) in [6, 6.07) is 4.36. The van der Waals surface area contributed by atoms with Crippen LogP contribution in [0.5, 0.6) is 0 Å². The fraction of sp³-hybridized carbons (Fsp3) is 0.588. The minimum Gasteiger partial charge on any atom is -0.395 e. The summed E-state index contributed by atoms with van der Waals surface area (Å²) < 4.78 is 0. The smallest absolute Gasteiger partial charge is 0.234 e. The zero-order valence-electron chi connectivity index (χ0n) is 13.9. The number of aliphatic hydroxyl groups is 1. The van der Waals surface area contributed by atoms with Gasteiger partial charge in [-0.1, -0.05) is 17.7 Å². The monoisotopic (exact) mass is 292 g/mol. The van der Waals surface area contributed by atoms with Gasteiger partial charge in [0.05, 0.1) is 13.2 Å². The summed E-state index contributed by atoms with van der Waals surface area (Å²) in [6.07, 6.45) is 0.850. The molecule has 1 amide bonds. The summed E-state index contributed by atoms with van der Waals surface area (Å²) in [5.74, 6) is 0.000202. The first-order valence-electron chi connectivity index (χ1n) is 7.49. The molecule has 4 heteroatoms. The van der Waals surface area contributed by atoms with Gasteiger partial charge in [-0.3, -0.25) is 9.69 Å². The second-order valence-electron chi connectivity index (χ2n) is 5.92. The molecule has 0 aliphatic carbocycles. The third-order valence-electron chi connectivity index (χ3n) is 3.95. The van der Waals surface area contributed by atoms with Crippen LogP contribution in [0.1, 0.15) is 29.2 Å². The minimum absolute atomic E-state index is 0.000202. The average molecular weight is 292 g/mol. The quantitative estimate of drug-likeness (QED) is 0.802. The molecule has 4 nitrogen and oxygen atoms in total. The fourth-order valence-electron chi connectivity index (χ4n) is 2.51. The number of carbonyl (C=O) groups excluding carboxylic acids is 1. The predicted octanol–water partition coefficient (Wildman–Crippen LogP) is 1.58. The first-order chi connectivity index (χ1) is 9.85. The van der Waals surface area contributed by atoms with Crippen LogP contribution in [0.25, 0.3) is 0 Å². The molecule has 0 aliphatic heterocycles. The number of aliphatic hydroxyl groups excluding tert-OH is 1. The molecule has 0 heterocycles. The van der Waals surface area contributed by atoms with Crippen molar-refractivity contribution in [1.82, 2.24) is 10.2 Å². The molecule has 21 heavy (non-hydrogen) atoms. The Balaban J connectivity index is 2.45. The maximum Gasteiger partial charge on any atom is 0.234 e. The van der Waals surface area contributed by atoms with Crippen LogP contribution in [-0.2, 0) is 11.2 Å². The summed E-state index contributed by atoms with van der Waals surface area (Å²) >= 11 is 0. The number of nitrogens with one attached hydrogen (secondary N) is 1. The molecule has 2 N–H and O–H groups in total. The first-order valence-corrected chi connectivity index (χ1v) is 7.49. The van der Waals surface area contributed by atoms with Gasteiger partial charge in [0.2, 0.25) is 5.91 Å². The van der Waals surface area contributed by atoms with Crippen molar-refractivity contribution in [3.63, 3.8) is 0 Å². The van der Waals surface area contributed by atoms with E-state index in [9.17, 15) is 4.79 Å². The molecule has 0 fully saturated rings. The Hall–Kier alpha value is -1.39. The molecule has 1 rings (SSSR count). The van der Waals surface area contributed by atoms with Gasteiger partial charge in [-0.25, -0.2) is 0 Å². The van der Waals surface area contributed by atoms with E-state index in [-0.39, 0.29) is 18.6 Å². The van der Waals surface area contributed by atoms with E-state index in [1.54, 1.807) is 0 Å². The van der Waals surface area contributed by atoms with Crippen LogP contribution >= 0.6 is 0 Å². The van der Waals surface area contributed by atoms with Crippen molar-refractivity contribution in [2.75, 3.05) is 26.7 Å².